The molecule has 2 atom stereocenters. The van der Waals surface area contributed by atoms with Crippen LogP contribution < -0.4 is 10.2 Å². The van der Waals surface area contributed by atoms with Crippen molar-refractivity contribution >= 4 is 21.6 Å². The van der Waals surface area contributed by atoms with E-state index >= 15 is 0 Å². The minimum absolute atomic E-state index is 0.313. The maximum Gasteiger partial charge on any atom is 0.0810 e. The fraction of sp³-hybridized carbons (Fsp3) is 0.625. The van der Waals surface area contributed by atoms with Gasteiger partial charge in [0.25, 0.3) is 0 Å². The van der Waals surface area contributed by atoms with E-state index in [2.05, 4.69) is 58.2 Å². The van der Waals surface area contributed by atoms with Crippen LogP contribution in [0.5, 0.6) is 0 Å². The number of benzene rings is 1. The molecule has 2 unspecified atom stereocenters. The third kappa shape index (κ3) is 3.74. The Balaban J connectivity index is 2.24. The van der Waals surface area contributed by atoms with Gasteiger partial charge in [-0.25, -0.2) is 0 Å². The molecule has 1 aromatic rings. The third-order valence-electron chi connectivity index (χ3n) is 3.95. The van der Waals surface area contributed by atoms with Crippen LogP contribution in [-0.4, -0.2) is 30.3 Å². The van der Waals surface area contributed by atoms with Crippen molar-refractivity contribution in [3.8, 4) is 0 Å². The van der Waals surface area contributed by atoms with Crippen molar-refractivity contribution in [1.29, 1.82) is 0 Å². The van der Waals surface area contributed by atoms with Gasteiger partial charge in [-0.1, -0.05) is 22.9 Å². The predicted molar refractivity (Wildman–Crippen MR) is 88.3 cm³/mol. The number of hydrogen-bond acceptors (Lipinski definition) is 3. The molecule has 3 nitrogen and oxygen atoms in total. The molecule has 1 aromatic carbocycles. The van der Waals surface area contributed by atoms with Gasteiger partial charge in [0.15, 0.2) is 0 Å². The number of nitrogens with one attached hydrogen (secondary N) is 1. The van der Waals surface area contributed by atoms with Gasteiger partial charge in [0.2, 0.25) is 0 Å². The highest BCUT2D eigenvalue weighted by atomic mass is 79.9. The normalized spacial score (nSPS) is 24.1. The van der Waals surface area contributed by atoms with Crippen molar-refractivity contribution in [2.24, 2.45) is 0 Å². The second-order valence-electron chi connectivity index (χ2n) is 6.05. The van der Waals surface area contributed by atoms with Crippen molar-refractivity contribution in [1.82, 2.24) is 5.32 Å². The Hall–Kier alpha value is -0.580. The van der Waals surface area contributed by atoms with Crippen LogP contribution in [0.2, 0.25) is 0 Å². The zero-order valence-electron chi connectivity index (χ0n) is 12.6. The average Bonchev–Trinajstić information content (AvgIpc) is 2.76. The van der Waals surface area contributed by atoms with Gasteiger partial charge in [0.05, 0.1) is 5.60 Å². The number of anilines is 1. The topological polar surface area (TPSA) is 35.5 Å². The molecule has 0 amide bonds. The molecule has 1 aliphatic rings. The molecule has 4 heteroatoms. The number of β-amino-alcohol motifs (C(OH)–C–C–N with tert-alkyl or cyclic N) is 1. The van der Waals surface area contributed by atoms with E-state index in [-0.39, 0.29) is 0 Å². The Labute approximate surface area is 130 Å². The Morgan fingerprint density at radius 3 is 2.85 bits per heavy atom. The van der Waals surface area contributed by atoms with Gasteiger partial charge < -0.3 is 15.3 Å². The number of nitrogens with zero attached hydrogens (tertiary/aromatic N) is 1. The molecule has 0 bridgehead atoms. The van der Waals surface area contributed by atoms with Gasteiger partial charge in [0.1, 0.15) is 0 Å². The summed E-state index contributed by atoms with van der Waals surface area (Å²) in [5.74, 6) is 0. The first-order chi connectivity index (χ1) is 9.43. The lowest BCUT2D eigenvalue weighted by atomic mass is 10.0. The summed E-state index contributed by atoms with van der Waals surface area (Å²) in [6.45, 7) is 8.95. The van der Waals surface area contributed by atoms with Crippen LogP contribution in [0.3, 0.4) is 0 Å². The lowest BCUT2D eigenvalue weighted by Crippen LogP contribution is -2.31. The van der Waals surface area contributed by atoms with Gasteiger partial charge in [-0.2, -0.15) is 0 Å². The molecule has 1 saturated heterocycles. The summed E-state index contributed by atoms with van der Waals surface area (Å²) in [6, 6.07) is 6.74. The third-order valence-corrected chi connectivity index (χ3v) is 4.44. The molecular formula is C16H25BrN2O. The van der Waals surface area contributed by atoms with Crippen molar-refractivity contribution in [2.45, 2.75) is 45.3 Å². The first kappa shape index (κ1) is 15.8. The molecule has 0 radical (unpaired) electrons. The van der Waals surface area contributed by atoms with E-state index in [1.54, 1.807) is 0 Å². The summed E-state index contributed by atoms with van der Waals surface area (Å²) < 4.78 is 1.10. The van der Waals surface area contributed by atoms with Crippen molar-refractivity contribution in [3.05, 3.63) is 28.2 Å². The van der Waals surface area contributed by atoms with Crippen LogP contribution in [-0.2, 0) is 0 Å². The SMILES string of the molecule is CCCNC(C)c1cc(Br)ccc1N1CCC(C)(O)C1. The summed E-state index contributed by atoms with van der Waals surface area (Å²) in [5, 5.41) is 13.7. The highest BCUT2D eigenvalue weighted by molar-refractivity contribution is 9.10. The predicted octanol–water partition coefficient (Wildman–Crippen LogP) is 3.47. The van der Waals surface area contributed by atoms with Crippen LogP contribution in [0.15, 0.2) is 22.7 Å². The smallest absolute Gasteiger partial charge is 0.0810 e. The van der Waals surface area contributed by atoms with E-state index in [0.29, 0.717) is 12.6 Å². The Morgan fingerprint density at radius 2 is 2.25 bits per heavy atom. The van der Waals surface area contributed by atoms with Crippen LogP contribution in [0, 0.1) is 0 Å². The van der Waals surface area contributed by atoms with Crippen LogP contribution in [0.25, 0.3) is 0 Å². The highest BCUT2D eigenvalue weighted by Gasteiger charge is 2.32. The second kappa shape index (κ2) is 6.46. The maximum atomic E-state index is 10.2. The van der Waals surface area contributed by atoms with Crippen LogP contribution >= 0.6 is 15.9 Å². The molecule has 0 spiro atoms. The first-order valence-corrected chi connectivity index (χ1v) is 8.22. The molecule has 0 aromatic heterocycles. The summed E-state index contributed by atoms with van der Waals surface area (Å²) in [4.78, 5) is 2.30. The quantitative estimate of drug-likeness (QED) is 0.861. The van der Waals surface area contributed by atoms with Crippen molar-refractivity contribution in [2.75, 3.05) is 24.5 Å². The highest BCUT2D eigenvalue weighted by Crippen LogP contribution is 2.33. The van der Waals surface area contributed by atoms with Gasteiger partial charge in [-0.15, -0.1) is 0 Å². The van der Waals surface area contributed by atoms with Crippen molar-refractivity contribution in [3.63, 3.8) is 0 Å². The molecule has 2 rings (SSSR count). The maximum absolute atomic E-state index is 10.2. The van der Waals surface area contributed by atoms with E-state index in [4.69, 9.17) is 0 Å². The number of rotatable bonds is 5. The molecule has 1 fully saturated rings. The minimum atomic E-state index is -0.565. The fourth-order valence-electron chi connectivity index (χ4n) is 2.78. The Kier molecular flexibility index (Phi) is 5.10. The summed E-state index contributed by atoms with van der Waals surface area (Å²) >= 11 is 3.57. The van der Waals surface area contributed by atoms with E-state index < -0.39 is 5.60 Å². The molecule has 1 aliphatic heterocycles. The second-order valence-corrected chi connectivity index (χ2v) is 6.96. The number of hydrogen-bond donors (Lipinski definition) is 2. The minimum Gasteiger partial charge on any atom is -0.388 e. The van der Waals surface area contributed by atoms with Gasteiger partial charge in [-0.05, 0) is 57.0 Å². The van der Waals surface area contributed by atoms with Crippen molar-refractivity contribution < 1.29 is 5.11 Å². The average molecular weight is 341 g/mol. The zero-order valence-corrected chi connectivity index (χ0v) is 14.2. The standard InChI is InChI=1S/C16H25BrN2O/c1-4-8-18-12(2)14-10-13(17)5-6-15(14)19-9-7-16(3,20)11-19/h5-6,10,12,18,20H,4,7-9,11H2,1-3H3. The molecular weight excluding hydrogens is 316 g/mol. The first-order valence-electron chi connectivity index (χ1n) is 7.43. The molecule has 2 N–H and O–H groups in total. The molecule has 0 saturated carbocycles. The molecule has 20 heavy (non-hydrogen) atoms. The number of halogens is 1. The molecule has 0 aliphatic carbocycles. The van der Waals surface area contributed by atoms with Gasteiger partial charge in [-0.3, -0.25) is 0 Å². The number of aliphatic hydroxyl groups is 1. The zero-order chi connectivity index (χ0) is 14.8. The Morgan fingerprint density at radius 1 is 1.50 bits per heavy atom. The van der Waals surface area contributed by atoms with Crippen LogP contribution in [0.4, 0.5) is 5.69 Å². The van der Waals surface area contributed by atoms with Gasteiger partial charge >= 0.3 is 0 Å². The molecule has 1 heterocycles. The van der Waals surface area contributed by atoms with E-state index in [1.165, 1.54) is 11.3 Å². The largest absolute Gasteiger partial charge is 0.388 e. The van der Waals surface area contributed by atoms with E-state index in [0.717, 1.165) is 30.4 Å². The Bertz CT molecular complexity index is 462. The summed E-state index contributed by atoms with van der Waals surface area (Å²) in [6.07, 6.45) is 1.96. The fourth-order valence-corrected chi connectivity index (χ4v) is 3.16. The van der Waals surface area contributed by atoms with Crippen LogP contribution in [0.1, 0.15) is 45.2 Å². The van der Waals surface area contributed by atoms with E-state index in [1.807, 2.05) is 6.92 Å². The summed E-state index contributed by atoms with van der Waals surface area (Å²) in [5.41, 5.74) is 1.97. The molecule has 112 valence electrons. The lowest BCUT2D eigenvalue weighted by molar-refractivity contribution is 0.0839. The monoisotopic (exact) mass is 340 g/mol. The lowest BCUT2D eigenvalue weighted by Gasteiger charge is -2.26. The summed E-state index contributed by atoms with van der Waals surface area (Å²) in [7, 11) is 0. The van der Waals surface area contributed by atoms with E-state index in [9.17, 15) is 5.11 Å². The van der Waals surface area contributed by atoms with Gasteiger partial charge in [0, 0.05) is 29.3 Å².